The van der Waals surface area contributed by atoms with Crippen molar-refractivity contribution in [3.63, 3.8) is 0 Å². The van der Waals surface area contributed by atoms with Gasteiger partial charge in [-0.15, -0.1) is 0 Å². The summed E-state index contributed by atoms with van der Waals surface area (Å²) < 4.78 is 6.34. The molecule has 1 unspecified atom stereocenters. The molecule has 0 radical (unpaired) electrons. The van der Waals surface area contributed by atoms with E-state index in [1.54, 1.807) is 23.1 Å². The van der Waals surface area contributed by atoms with Gasteiger partial charge < -0.3 is 14.5 Å². The third kappa shape index (κ3) is 5.86. The number of likely N-dealkylation sites (tertiary alicyclic amines) is 1. The number of halogens is 4. The number of rotatable bonds is 7. The SMILES string of the molecule is CN(CC(CCN1CCC2(CC1)OCc1ccccc12)c1ccc(Cl)c(Cl)c1)C(=O)c1ccc(Cl)c(Cl)c1. The number of amides is 1. The van der Waals surface area contributed by atoms with Crippen molar-refractivity contribution < 1.29 is 9.53 Å². The predicted molar refractivity (Wildman–Crippen MR) is 156 cm³/mol. The molecule has 2 aliphatic heterocycles. The van der Waals surface area contributed by atoms with Crippen LogP contribution in [0.2, 0.25) is 20.1 Å². The summed E-state index contributed by atoms with van der Waals surface area (Å²) in [6.07, 6.45) is 2.84. The lowest BCUT2D eigenvalue weighted by molar-refractivity contribution is -0.0790. The summed E-state index contributed by atoms with van der Waals surface area (Å²) >= 11 is 24.8. The highest BCUT2D eigenvalue weighted by Crippen LogP contribution is 2.44. The molecule has 0 bridgehead atoms. The first-order chi connectivity index (χ1) is 18.3. The van der Waals surface area contributed by atoms with E-state index in [1.807, 2.05) is 25.2 Å². The number of benzene rings is 3. The summed E-state index contributed by atoms with van der Waals surface area (Å²) in [5.74, 6) is -0.0218. The summed E-state index contributed by atoms with van der Waals surface area (Å²) in [4.78, 5) is 17.4. The Hall–Kier alpha value is -1.79. The summed E-state index contributed by atoms with van der Waals surface area (Å²) in [5.41, 5.74) is 4.09. The number of carbonyl (C=O) groups excluding carboxylic acids is 1. The van der Waals surface area contributed by atoms with E-state index in [9.17, 15) is 4.79 Å². The van der Waals surface area contributed by atoms with Crippen LogP contribution in [0.3, 0.4) is 0 Å². The Bertz CT molecular complexity index is 1320. The van der Waals surface area contributed by atoms with E-state index in [0.29, 0.717) is 38.8 Å². The largest absolute Gasteiger partial charge is 0.365 e. The summed E-state index contributed by atoms with van der Waals surface area (Å²) in [6.45, 7) is 4.10. The summed E-state index contributed by atoms with van der Waals surface area (Å²) in [5, 5.41) is 1.83. The van der Waals surface area contributed by atoms with Gasteiger partial charge in [-0.25, -0.2) is 0 Å². The fourth-order valence-electron chi connectivity index (χ4n) is 5.67. The van der Waals surface area contributed by atoms with Gasteiger partial charge in [-0.1, -0.05) is 76.7 Å². The van der Waals surface area contributed by atoms with Gasteiger partial charge >= 0.3 is 0 Å². The molecule has 0 N–H and O–H groups in total. The Morgan fingerprint density at radius 1 is 0.947 bits per heavy atom. The zero-order chi connectivity index (χ0) is 26.9. The fourth-order valence-corrected chi connectivity index (χ4v) is 6.27. The van der Waals surface area contributed by atoms with E-state index in [4.69, 9.17) is 51.1 Å². The molecule has 0 aliphatic carbocycles. The quantitative estimate of drug-likeness (QED) is 0.278. The van der Waals surface area contributed by atoms with Crippen molar-refractivity contribution in [1.82, 2.24) is 9.80 Å². The maximum absolute atomic E-state index is 13.2. The van der Waals surface area contributed by atoms with Crippen molar-refractivity contribution in [1.29, 1.82) is 0 Å². The number of nitrogens with zero attached hydrogens (tertiary/aromatic N) is 2. The van der Waals surface area contributed by atoms with Crippen molar-refractivity contribution in [2.45, 2.75) is 37.4 Å². The maximum Gasteiger partial charge on any atom is 0.253 e. The first-order valence-electron chi connectivity index (χ1n) is 12.9. The first-order valence-corrected chi connectivity index (χ1v) is 14.4. The molecule has 1 atom stereocenters. The van der Waals surface area contributed by atoms with E-state index in [-0.39, 0.29) is 17.4 Å². The van der Waals surface area contributed by atoms with Crippen LogP contribution >= 0.6 is 46.4 Å². The lowest BCUT2D eigenvalue weighted by Gasteiger charge is -2.40. The van der Waals surface area contributed by atoms with Crippen molar-refractivity contribution in [2.75, 3.05) is 33.2 Å². The highest BCUT2D eigenvalue weighted by Gasteiger charge is 2.42. The smallest absolute Gasteiger partial charge is 0.253 e. The monoisotopic (exact) mass is 590 g/mol. The minimum atomic E-state index is -0.150. The van der Waals surface area contributed by atoms with Crippen LogP contribution in [0, 0.1) is 0 Å². The van der Waals surface area contributed by atoms with Crippen LogP contribution in [0.5, 0.6) is 0 Å². The van der Waals surface area contributed by atoms with E-state index >= 15 is 0 Å². The van der Waals surface area contributed by atoms with Gasteiger partial charge in [-0.3, -0.25) is 4.79 Å². The van der Waals surface area contributed by atoms with E-state index in [2.05, 4.69) is 29.2 Å². The molecule has 1 spiro atoms. The molecule has 1 amide bonds. The van der Waals surface area contributed by atoms with Gasteiger partial charge in [0.1, 0.15) is 0 Å². The average molecular weight is 592 g/mol. The number of ether oxygens (including phenoxy) is 1. The van der Waals surface area contributed by atoms with Crippen LogP contribution in [-0.2, 0) is 16.9 Å². The van der Waals surface area contributed by atoms with Gasteiger partial charge in [0.25, 0.3) is 5.91 Å². The van der Waals surface area contributed by atoms with Gasteiger partial charge in [-0.2, -0.15) is 0 Å². The lowest BCUT2D eigenvalue weighted by atomic mass is 9.83. The first kappa shape index (κ1) is 27.8. The highest BCUT2D eigenvalue weighted by molar-refractivity contribution is 6.42. The second-order valence-electron chi connectivity index (χ2n) is 10.3. The maximum atomic E-state index is 13.2. The van der Waals surface area contributed by atoms with Crippen LogP contribution < -0.4 is 0 Å². The molecule has 1 fully saturated rings. The normalized spacial score (nSPS) is 17.4. The third-order valence-electron chi connectivity index (χ3n) is 7.89. The number of hydrogen-bond acceptors (Lipinski definition) is 3. The van der Waals surface area contributed by atoms with Crippen LogP contribution in [0.4, 0.5) is 0 Å². The molecule has 38 heavy (non-hydrogen) atoms. The zero-order valence-corrected chi connectivity index (χ0v) is 24.3. The molecule has 2 heterocycles. The Labute approximate surface area is 244 Å². The van der Waals surface area contributed by atoms with Crippen molar-refractivity contribution in [3.05, 3.63) is 103 Å². The van der Waals surface area contributed by atoms with E-state index in [1.165, 1.54) is 11.1 Å². The van der Waals surface area contributed by atoms with Crippen LogP contribution in [0.1, 0.15) is 52.2 Å². The molecule has 200 valence electrons. The Morgan fingerprint density at radius 3 is 2.34 bits per heavy atom. The highest BCUT2D eigenvalue weighted by atomic mass is 35.5. The minimum Gasteiger partial charge on any atom is -0.365 e. The molecular weight excluding hydrogens is 562 g/mol. The van der Waals surface area contributed by atoms with E-state index < -0.39 is 0 Å². The Kier molecular flexibility index (Phi) is 8.59. The van der Waals surface area contributed by atoms with Gasteiger partial charge in [0.15, 0.2) is 0 Å². The Balaban J connectivity index is 1.26. The molecule has 8 heteroatoms. The standard InChI is InChI=1S/C30H30Cl4N2O2/c1-35(29(37)21-7-9-26(32)28(34)17-21)18-22(20-6-8-25(31)27(33)16-20)10-13-36-14-11-30(12-15-36)24-5-3-2-4-23(24)19-38-30/h2-9,16-17,22H,10-15,18-19H2,1H3. The number of carbonyl (C=O) groups is 1. The predicted octanol–water partition coefficient (Wildman–Crippen LogP) is 8.07. The topological polar surface area (TPSA) is 32.8 Å². The number of likely N-dealkylation sites (N-methyl/N-ethyl adjacent to an activating group) is 1. The minimum absolute atomic E-state index is 0.0841. The van der Waals surface area contributed by atoms with Crippen LogP contribution in [0.25, 0.3) is 0 Å². The fraction of sp³-hybridized carbons (Fsp3) is 0.367. The van der Waals surface area contributed by atoms with Crippen molar-refractivity contribution in [2.24, 2.45) is 0 Å². The number of piperidine rings is 1. The molecule has 3 aromatic carbocycles. The van der Waals surface area contributed by atoms with Crippen molar-refractivity contribution >= 4 is 52.3 Å². The zero-order valence-electron chi connectivity index (χ0n) is 21.2. The second kappa shape index (κ2) is 11.8. The van der Waals surface area contributed by atoms with Crippen molar-refractivity contribution in [3.8, 4) is 0 Å². The second-order valence-corrected chi connectivity index (χ2v) is 11.9. The number of hydrogen-bond donors (Lipinski definition) is 0. The summed E-state index contributed by atoms with van der Waals surface area (Å²) in [6, 6.07) is 19.3. The van der Waals surface area contributed by atoms with Gasteiger partial charge in [0.2, 0.25) is 0 Å². The third-order valence-corrected chi connectivity index (χ3v) is 9.37. The van der Waals surface area contributed by atoms with Gasteiger partial charge in [0.05, 0.1) is 32.3 Å². The molecule has 1 saturated heterocycles. The molecule has 0 aromatic heterocycles. The van der Waals surface area contributed by atoms with E-state index in [0.717, 1.165) is 44.5 Å². The van der Waals surface area contributed by atoms with Gasteiger partial charge in [-0.05, 0) is 72.8 Å². The average Bonchev–Trinajstić information content (AvgIpc) is 3.28. The Morgan fingerprint density at radius 2 is 1.63 bits per heavy atom. The molecule has 0 saturated carbocycles. The molecule has 5 rings (SSSR count). The molecular formula is C30H30Cl4N2O2. The summed E-state index contributed by atoms with van der Waals surface area (Å²) in [7, 11) is 1.81. The molecule has 4 nitrogen and oxygen atoms in total. The molecule has 3 aromatic rings. The van der Waals surface area contributed by atoms with Crippen LogP contribution in [0.15, 0.2) is 60.7 Å². The van der Waals surface area contributed by atoms with Gasteiger partial charge in [0, 0.05) is 38.2 Å². The number of fused-ring (bicyclic) bond motifs is 2. The van der Waals surface area contributed by atoms with Crippen LogP contribution in [-0.4, -0.2) is 48.9 Å². The lowest BCUT2D eigenvalue weighted by Crippen LogP contribution is -2.43. The molecule has 2 aliphatic rings.